The molecule has 33 heavy (non-hydrogen) atoms. The van der Waals surface area contributed by atoms with Crippen molar-refractivity contribution in [3.05, 3.63) is 93.8 Å². The number of aromatic hydroxyl groups is 1. The van der Waals surface area contributed by atoms with Crippen LogP contribution in [-0.2, 0) is 4.79 Å². The second-order valence-corrected chi connectivity index (χ2v) is 7.20. The van der Waals surface area contributed by atoms with E-state index in [9.17, 15) is 19.5 Å². The Morgan fingerprint density at radius 2 is 1.73 bits per heavy atom. The van der Waals surface area contributed by atoms with Crippen molar-refractivity contribution in [1.29, 1.82) is 0 Å². The number of para-hydroxylation sites is 1. The third kappa shape index (κ3) is 4.97. The number of carbonyl (C=O) groups excluding carboxylic acids is 2. The number of halogens is 1. The van der Waals surface area contributed by atoms with Crippen LogP contribution in [0.3, 0.4) is 0 Å². The van der Waals surface area contributed by atoms with Crippen molar-refractivity contribution in [1.82, 2.24) is 0 Å². The molecular weight excluding hydrogens is 450 g/mol. The summed E-state index contributed by atoms with van der Waals surface area (Å²) in [5.41, 5.74) is -1.11. The highest BCUT2D eigenvalue weighted by atomic mass is 35.5. The smallest absolute Gasteiger partial charge is 0.364 e. The van der Waals surface area contributed by atoms with Crippen LogP contribution in [0.2, 0.25) is 5.02 Å². The molecule has 9 heteroatoms. The number of fused-ring (bicyclic) bond motifs is 1. The quantitative estimate of drug-likeness (QED) is 0.246. The number of amides is 1. The van der Waals surface area contributed by atoms with E-state index in [0.29, 0.717) is 16.3 Å². The lowest BCUT2D eigenvalue weighted by Gasteiger charge is -2.10. The third-order valence-electron chi connectivity index (χ3n) is 4.53. The minimum absolute atomic E-state index is 0.0267. The molecule has 0 bridgehead atoms. The summed E-state index contributed by atoms with van der Waals surface area (Å²) in [6.45, 7) is -0.449. The van der Waals surface area contributed by atoms with Crippen molar-refractivity contribution in [3.63, 3.8) is 0 Å². The Labute approximate surface area is 191 Å². The van der Waals surface area contributed by atoms with Crippen LogP contribution in [-0.4, -0.2) is 23.6 Å². The maximum absolute atomic E-state index is 12.4. The number of anilines is 1. The SMILES string of the molecule is O=C(COc1ccccc1Cl)Nc1c(O)c2ccc(OC(=O)c3ccccc3)cc2oc1=O. The van der Waals surface area contributed by atoms with Crippen LogP contribution in [0.25, 0.3) is 11.0 Å². The van der Waals surface area contributed by atoms with Crippen molar-refractivity contribution >= 4 is 40.1 Å². The standard InChI is InChI=1S/C24H16ClNO7/c25-17-8-4-5-9-18(17)31-13-20(27)26-21-22(28)16-11-10-15(12-19(16)33-24(21)30)32-23(29)14-6-2-1-3-7-14/h1-12,28H,13H2,(H,26,27). The molecule has 0 aliphatic rings. The number of ether oxygens (including phenoxy) is 2. The van der Waals surface area contributed by atoms with Gasteiger partial charge in [-0.3, -0.25) is 4.79 Å². The highest BCUT2D eigenvalue weighted by Gasteiger charge is 2.18. The summed E-state index contributed by atoms with van der Waals surface area (Å²) in [4.78, 5) is 36.8. The van der Waals surface area contributed by atoms with Gasteiger partial charge in [0.05, 0.1) is 16.0 Å². The van der Waals surface area contributed by atoms with Gasteiger partial charge in [-0.2, -0.15) is 0 Å². The topological polar surface area (TPSA) is 115 Å². The summed E-state index contributed by atoms with van der Waals surface area (Å²) >= 11 is 5.97. The van der Waals surface area contributed by atoms with Crippen LogP contribution < -0.4 is 20.4 Å². The van der Waals surface area contributed by atoms with Gasteiger partial charge in [0, 0.05) is 6.07 Å². The molecule has 0 fully saturated rings. The lowest BCUT2D eigenvalue weighted by atomic mass is 10.2. The van der Waals surface area contributed by atoms with Gasteiger partial charge in [-0.25, -0.2) is 9.59 Å². The van der Waals surface area contributed by atoms with E-state index in [4.69, 9.17) is 25.5 Å². The minimum Gasteiger partial charge on any atom is -0.505 e. The molecule has 0 aliphatic heterocycles. The lowest BCUT2D eigenvalue weighted by Crippen LogP contribution is -2.23. The zero-order valence-corrected chi connectivity index (χ0v) is 17.7. The molecule has 4 rings (SSSR count). The zero-order chi connectivity index (χ0) is 23.4. The number of rotatable bonds is 6. The Bertz CT molecular complexity index is 1400. The molecule has 0 spiro atoms. The van der Waals surface area contributed by atoms with Gasteiger partial charge in [0.15, 0.2) is 18.0 Å². The molecule has 0 unspecified atom stereocenters. The fourth-order valence-corrected chi connectivity index (χ4v) is 3.15. The van der Waals surface area contributed by atoms with Crippen LogP contribution >= 0.6 is 11.6 Å². The maximum atomic E-state index is 12.4. The largest absolute Gasteiger partial charge is 0.505 e. The first-order chi connectivity index (χ1) is 15.9. The van der Waals surface area contributed by atoms with Gasteiger partial charge in [0.25, 0.3) is 5.91 Å². The first-order valence-electron chi connectivity index (χ1n) is 9.66. The minimum atomic E-state index is -0.988. The van der Waals surface area contributed by atoms with E-state index in [0.717, 1.165) is 0 Å². The van der Waals surface area contributed by atoms with E-state index in [1.165, 1.54) is 18.2 Å². The molecular formula is C24H16ClNO7. The normalized spacial score (nSPS) is 10.6. The second kappa shape index (κ2) is 9.46. The van der Waals surface area contributed by atoms with Gasteiger partial charge in [-0.1, -0.05) is 41.9 Å². The summed E-state index contributed by atoms with van der Waals surface area (Å²) < 4.78 is 15.8. The van der Waals surface area contributed by atoms with Crippen molar-refractivity contribution in [2.45, 2.75) is 0 Å². The first-order valence-corrected chi connectivity index (χ1v) is 10.0. The summed E-state index contributed by atoms with van der Waals surface area (Å²) in [6, 6.07) is 19.1. The van der Waals surface area contributed by atoms with Crippen LogP contribution in [0.4, 0.5) is 5.69 Å². The molecule has 0 saturated heterocycles. The van der Waals surface area contributed by atoms with Crippen molar-refractivity contribution < 1.29 is 28.6 Å². The Hall–Kier alpha value is -4.30. The number of hydrogen-bond acceptors (Lipinski definition) is 7. The molecule has 4 aromatic rings. The van der Waals surface area contributed by atoms with E-state index in [1.807, 2.05) is 0 Å². The maximum Gasteiger partial charge on any atom is 0.364 e. The van der Waals surface area contributed by atoms with E-state index in [-0.39, 0.29) is 16.7 Å². The average Bonchev–Trinajstić information content (AvgIpc) is 2.81. The number of carbonyl (C=O) groups is 2. The van der Waals surface area contributed by atoms with E-state index in [2.05, 4.69) is 5.32 Å². The van der Waals surface area contributed by atoms with Crippen molar-refractivity contribution in [3.8, 4) is 17.2 Å². The summed E-state index contributed by atoms with van der Waals surface area (Å²) in [6.07, 6.45) is 0. The van der Waals surface area contributed by atoms with Gasteiger partial charge in [-0.15, -0.1) is 0 Å². The number of benzene rings is 3. The summed E-state index contributed by atoms with van der Waals surface area (Å²) in [5, 5.41) is 13.3. The van der Waals surface area contributed by atoms with Gasteiger partial charge < -0.3 is 24.3 Å². The van der Waals surface area contributed by atoms with E-state index in [1.54, 1.807) is 54.6 Å². The van der Waals surface area contributed by atoms with Gasteiger partial charge in [-0.05, 0) is 36.4 Å². The molecule has 0 radical (unpaired) electrons. The monoisotopic (exact) mass is 465 g/mol. The van der Waals surface area contributed by atoms with E-state index >= 15 is 0 Å². The number of hydrogen-bond donors (Lipinski definition) is 2. The average molecular weight is 466 g/mol. The Morgan fingerprint density at radius 3 is 2.48 bits per heavy atom. The second-order valence-electron chi connectivity index (χ2n) is 6.79. The van der Waals surface area contributed by atoms with Gasteiger partial charge in [0.2, 0.25) is 0 Å². The van der Waals surface area contributed by atoms with Crippen LogP contribution in [0.5, 0.6) is 17.2 Å². The number of nitrogens with one attached hydrogen (secondary N) is 1. The molecule has 1 aromatic heterocycles. The van der Waals surface area contributed by atoms with E-state index < -0.39 is 35.5 Å². The highest BCUT2D eigenvalue weighted by molar-refractivity contribution is 6.32. The first kappa shape index (κ1) is 21.9. The Balaban J connectivity index is 1.51. The summed E-state index contributed by atoms with van der Waals surface area (Å²) in [7, 11) is 0. The van der Waals surface area contributed by atoms with Gasteiger partial charge in [0.1, 0.15) is 17.1 Å². The molecule has 8 nitrogen and oxygen atoms in total. The van der Waals surface area contributed by atoms with Crippen molar-refractivity contribution in [2.75, 3.05) is 11.9 Å². The Kier molecular flexibility index (Phi) is 6.28. The number of esters is 1. The molecule has 0 atom stereocenters. The predicted octanol–water partition coefficient (Wildman–Crippen LogP) is 4.39. The fraction of sp³-hybridized carbons (Fsp3) is 0.0417. The molecule has 166 valence electrons. The van der Waals surface area contributed by atoms with Gasteiger partial charge >= 0.3 is 11.6 Å². The molecule has 3 aromatic carbocycles. The Morgan fingerprint density at radius 1 is 1.00 bits per heavy atom. The molecule has 0 aliphatic carbocycles. The third-order valence-corrected chi connectivity index (χ3v) is 4.84. The fourth-order valence-electron chi connectivity index (χ4n) is 2.96. The van der Waals surface area contributed by atoms with Crippen LogP contribution in [0.1, 0.15) is 10.4 Å². The molecule has 2 N–H and O–H groups in total. The van der Waals surface area contributed by atoms with Crippen molar-refractivity contribution in [2.24, 2.45) is 0 Å². The lowest BCUT2D eigenvalue weighted by molar-refractivity contribution is -0.118. The molecule has 1 heterocycles. The highest BCUT2D eigenvalue weighted by Crippen LogP contribution is 2.32. The molecule has 0 saturated carbocycles. The summed E-state index contributed by atoms with van der Waals surface area (Å²) in [5.74, 6) is -1.38. The zero-order valence-electron chi connectivity index (χ0n) is 16.9. The van der Waals surface area contributed by atoms with Crippen LogP contribution in [0, 0.1) is 0 Å². The van der Waals surface area contributed by atoms with Crippen LogP contribution in [0.15, 0.2) is 82.0 Å². The molecule has 1 amide bonds. The predicted molar refractivity (Wildman–Crippen MR) is 121 cm³/mol.